The Morgan fingerprint density at radius 3 is 2.70 bits per heavy atom. The molecule has 1 atom stereocenters. The maximum atomic E-state index is 12.7. The number of alkyl halides is 3. The fourth-order valence-electron chi connectivity index (χ4n) is 2.03. The molecule has 6 heteroatoms. The number of benzene rings is 1. The van der Waals surface area contributed by atoms with Gasteiger partial charge in [-0.2, -0.15) is 18.3 Å². The molecule has 1 aromatic heterocycles. The predicted molar refractivity (Wildman–Crippen MR) is 68.0 cm³/mol. The zero-order valence-electron chi connectivity index (χ0n) is 10.9. The van der Waals surface area contributed by atoms with Gasteiger partial charge in [0.25, 0.3) is 0 Å². The summed E-state index contributed by atoms with van der Waals surface area (Å²) >= 11 is 0. The van der Waals surface area contributed by atoms with Gasteiger partial charge < -0.3 is 5.11 Å². The van der Waals surface area contributed by atoms with E-state index in [1.807, 2.05) is 6.92 Å². The van der Waals surface area contributed by atoms with Gasteiger partial charge in [-0.1, -0.05) is 19.1 Å². The van der Waals surface area contributed by atoms with Crippen molar-refractivity contribution in [3.05, 3.63) is 53.3 Å². The molecule has 0 aliphatic rings. The number of aromatic nitrogens is 2. The average Bonchev–Trinajstić information content (AvgIpc) is 2.86. The Kier molecular flexibility index (Phi) is 4.13. The molecule has 0 aliphatic heterocycles. The van der Waals surface area contributed by atoms with Gasteiger partial charge in [-0.3, -0.25) is 4.68 Å². The van der Waals surface area contributed by atoms with E-state index in [-0.39, 0.29) is 5.56 Å². The highest BCUT2D eigenvalue weighted by Gasteiger charge is 2.31. The number of hydrogen-bond acceptors (Lipinski definition) is 2. The summed E-state index contributed by atoms with van der Waals surface area (Å²) in [5.41, 5.74) is -0.0699. The second kappa shape index (κ2) is 5.66. The molecule has 0 saturated heterocycles. The topological polar surface area (TPSA) is 38.0 Å². The number of halogens is 3. The summed E-state index contributed by atoms with van der Waals surface area (Å²) in [4.78, 5) is 0. The number of hydrogen-bond donors (Lipinski definition) is 1. The van der Waals surface area contributed by atoms with Crippen LogP contribution in [-0.4, -0.2) is 14.9 Å². The fourth-order valence-corrected chi connectivity index (χ4v) is 2.03. The van der Waals surface area contributed by atoms with Crippen LogP contribution < -0.4 is 0 Å². The molecule has 3 nitrogen and oxygen atoms in total. The minimum absolute atomic E-state index is 0.206. The largest absolute Gasteiger partial charge is 0.416 e. The third-order valence-corrected chi connectivity index (χ3v) is 2.99. The monoisotopic (exact) mass is 284 g/mol. The molecule has 0 saturated carbocycles. The fraction of sp³-hybridized carbons (Fsp3) is 0.357. The van der Waals surface area contributed by atoms with Crippen LogP contribution in [0.1, 0.15) is 36.3 Å². The van der Waals surface area contributed by atoms with E-state index in [1.165, 1.54) is 18.3 Å². The van der Waals surface area contributed by atoms with Crippen molar-refractivity contribution >= 4 is 0 Å². The summed E-state index contributed by atoms with van der Waals surface area (Å²) in [5.74, 6) is 0. The van der Waals surface area contributed by atoms with Crippen molar-refractivity contribution in [3.63, 3.8) is 0 Å². The molecule has 0 fully saturated rings. The molecule has 0 bridgehead atoms. The second-order valence-corrected chi connectivity index (χ2v) is 4.50. The highest BCUT2D eigenvalue weighted by molar-refractivity contribution is 5.31. The Hall–Kier alpha value is -1.82. The van der Waals surface area contributed by atoms with Crippen LogP contribution in [0, 0.1) is 0 Å². The molecule has 0 aliphatic carbocycles. The molecule has 1 unspecified atom stereocenters. The van der Waals surface area contributed by atoms with Crippen molar-refractivity contribution in [3.8, 4) is 0 Å². The average molecular weight is 284 g/mol. The van der Waals surface area contributed by atoms with E-state index in [1.54, 1.807) is 10.7 Å². The Morgan fingerprint density at radius 2 is 2.05 bits per heavy atom. The van der Waals surface area contributed by atoms with E-state index in [9.17, 15) is 18.3 Å². The van der Waals surface area contributed by atoms with Gasteiger partial charge in [-0.05, 0) is 30.2 Å². The van der Waals surface area contributed by atoms with E-state index in [0.29, 0.717) is 12.2 Å². The van der Waals surface area contributed by atoms with E-state index in [2.05, 4.69) is 5.10 Å². The van der Waals surface area contributed by atoms with E-state index < -0.39 is 17.8 Å². The third-order valence-electron chi connectivity index (χ3n) is 2.99. The highest BCUT2D eigenvalue weighted by Crippen LogP contribution is 2.32. The lowest BCUT2D eigenvalue weighted by molar-refractivity contribution is -0.137. The molecule has 1 aromatic carbocycles. The number of nitrogens with zero attached hydrogens (tertiary/aromatic N) is 2. The number of aryl methyl sites for hydroxylation is 1. The lowest BCUT2D eigenvalue weighted by Gasteiger charge is -2.15. The summed E-state index contributed by atoms with van der Waals surface area (Å²) in [7, 11) is 0. The molecule has 1 N–H and O–H groups in total. The summed E-state index contributed by atoms with van der Waals surface area (Å²) < 4.78 is 39.6. The Balaban J connectivity index is 2.33. The smallest absolute Gasteiger partial charge is 0.382 e. The Bertz CT molecular complexity index is 578. The van der Waals surface area contributed by atoms with Crippen LogP contribution >= 0.6 is 0 Å². The van der Waals surface area contributed by atoms with Gasteiger partial charge in [-0.15, -0.1) is 0 Å². The molecular weight excluding hydrogens is 269 g/mol. The van der Waals surface area contributed by atoms with Crippen LogP contribution in [0.2, 0.25) is 0 Å². The maximum absolute atomic E-state index is 12.7. The minimum Gasteiger partial charge on any atom is -0.382 e. The Morgan fingerprint density at radius 1 is 1.30 bits per heavy atom. The van der Waals surface area contributed by atoms with Crippen molar-refractivity contribution in [1.29, 1.82) is 0 Å². The van der Waals surface area contributed by atoms with Gasteiger partial charge in [-0.25, -0.2) is 0 Å². The number of aliphatic hydroxyl groups is 1. The zero-order valence-corrected chi connectivity index (χ0v) is 10.9. The van der Waals surface area contributed by atoms with Crippen molar-refractivity contribution in [2.24, 2.45) is 0 Å². The summed E-state index contributed by atoms with van der Waals surface area (Å²) in [6.45, 7) is 2.57. The highest BCUT2D eigenvalue weighted by atomic mass is 19.4. The first-order valence-electron chi connectivity index (χ1n) is 6.30. The van der Waals surface area contributed by atoms with Crippen LogP contribution in [0.25, 0.3) is 0 Å². The zero-order chi connectivity index (χ0) is 14.8. The first-order valence-corrected chi connectivity index (χ1v) is 6.30. The molecule has 108 valence electrons. The van der Waals surface area contributed by atoms with Crippen LogP contribution in [0.5, 0.6) is 0 Å². The molecule has 0 radical (unpaired) electrons. The van der Waals surface area contributed by atoms with Gasteiger partial charge in [0.2, 0.25) is 0 Å². The molecule has 0 spiro atoms. The quantitative estimate of drug-likeness (QED) is 0.934. The molecule has 0 amide bonds. The van der Waals surface area contributed by atoms with Crippen LogP contribution in [-0.2, 0) is 12.7 Å². The lowest BCUT2D eigenvalue weighted by Crippen LogP contribution is -2.11. The SMILES string of the molecule is CCCn1nccc1C(O)c1cccc(C(F)(F)F)c1. The predicted octanol–water partition coefficient (Wildman–Crippen LogP) is 3.39. The van der Waals surface area contributed by atoms with Gasteiger partial charge in [0.15, 0.2) is 0 Å². The van der Waals surface area contributed by atoms with Gasteiger partial charge >= 0.3 is 6.18 Å². The second-order valence-electron chi connectivity index (χ2n) is 4.50. The number of aliphatic hydroxyl groups excluding tert-OH is 1. The van der Waals surface area contributed by atoms with Crippen molar-refractivity contribution < 1.29 is 18.3 Å². The standard InChI is InChI=1S/C14H15F3N2O/c1-2-8-19-12(6-7-18-19)13(20)10-4-3-5-11(9-10)14(15,16)17/h3-7,9,13,20H,2,8H2,1H3. The first-order chi connectivity index (χ1) is 9.43. The van der Waals surface area contributed by atoms with Crippen LogP contribution in [0.3, 0.4) is 0 Å². The van der Waals surface area contributed by atoms with E-state index in [0.717, 1.165) is 18.6 Å². The van der Waals surface area contributed by atoms with Crippen molar-refractivity contribution in [2.75, 3.05) is 0 Å². The minimum atomic E-state index is -4.42. The molecule has 2 aromatic rings. The first kappa shape index (κ1) is 14.6. The molecule has 2 rings (SSSR count). The molecular formula is C14H15F3N2O. The van der Waals surface area contributed by atoms with Crippen molar-refractivity contribution in [2.45, 2.75) is 32.2 Å². The molecule has 20 heavy (non-hydrogen) atoms. The number of rotatable bonds is 4. The summed E-state index contributed by atoms with van der Waals surface area (Å²) in [5, 5.41) is 14.3. The van der Waals surface area contributed by atoms with Gasteiger partial charge in [0.1, 0.15) is 6.10 Å². The molecule has 1 heterocycles. The Labute approximate surface area is 114 Å². The third kappa shape index (κ3) is 3.01. The van der Waals surface area contributed by atoms with Gasteiger partial charge in [0, 0.05) is 12.7 Å². The summed E-state index contributed by atoms with van der Waals surface area (Å²) in [6, 6.07) is 6.33. The normalized spacial score (nSPS) is 13.4. The van der Waals surface area contributed by atoms with Gasteiger partial charge in [0.05, 0.1) is 11.3 Å². The van der Waals surface area contributed by atoms with Crippen LogP contribution in [0.15, 0.2) is 36.5 Å². The van der Waals surface area contributed by atoms with Crippen LogP contribution in [0.4, 0.5) is 13.2 Å². The lowest BCUT2D eigenvalue weighted by atomic mass is 10.0. The van der Waals surface area contributed by atoms with E-state index >= 15 is 0 Å². The van der Waals surface area contributed by atoms with E-state index in [4.69, 9.17) is 0 Å². The maximum Gasteiger partial charge on any atom is 0.416 e. The van der Waals surface area contributed by atoms with Crippen molar-refractivity contribution in [1.82, 2.24) is 9.78 Å². The summed E-state index contributed by atoms with van der Waals surface area (Å²) in [6.07, 6.45) is -3.18.